The van der Waals surface area contributed by atoms with Gasteiger partial charge < -0.3 is 15.0 Å². The molecule has 5 nitrogen and oxygen atoms in total. The van der Waals surface area contributed by atoms with Gasteiger partial charge in [0.1, 0.15) is 11.8 Å². The van der Waals surface area contributed by atoms with Crippen LogP contribution in [0.3, 0.4) is 0 Å². The second-order valence-corrected chi connectivity index (χ2v) is 7.85. The lowest BCUT2D eigenvalue weighted by atomic mass is 10.1. The van der Waals surface area contributed by atoms with E-state index in [9.17, 15) is 9.59 Å². The monoisotopic (exact) mass is 450 g/mol. The number of amides is 2. The number of hydrogen-bond donors (Lipinski definition) is 1. The molecule has 2 rings (SSSR count). The standard InChI is InChI=1S/C23H28Cl2N2O3/c1-4-12-26-23(29)16(3)27(14-18-8-9-19(24)13-21(18)25)22(28)15-30-20-10-6-17(5-2)7-11-20/h6-11,13,16H,4-5,12,14-15H2,1-3H3,(H,26,29)/t16-/m1/s1. The number of nitrogens with zero attached hydrogens (tertiary/aromatic N) is 1. The summed E-state index contributed by atoms with van der Waals surface area (Å²) in [6, 6.07) is 12.0. The highest BCUT2D eigenvalue weighted by atomic mass is 35.5. The zero-order chi connectivity index (χ0) is 22.1. The molecule has 0 aliphatic heterocycles. The van der Waals surface area contributed by atoms with E-state index in [4.69, 9.17) is 27.9 Å². The quantitative estimate of drug-likeness (QED) is 0.560. The van der Waals surface area contributed by atoms with E-state index in [1.54, 1.807) is 25.1 Å². The Morgan fingerprint density at radius 3 is 2.40 bits per heavy atom. The fourth-order valence-electron chi connectivity index (χ4n) is 2.86. The van der Waals surface area contributed by atoms with Crippen molar-refractivity contribution in [1.29, 1.82) is 0 Å². The third kappa shape index (κ3) is 6.92. The van der Waals surface area contributed by atoms with Gasteiger partial charge in [0.2, 0.25) is 5.91 Å². The minimum absolute atomic E-state index is 0.174. The van der Waals surface area contributed by atoms with Crippen LogP contribution in [0.15, 0.2) is 42.5 Å². The molecular formula is C23H28Cl2N2O3. The number of hydrogen-bond acceptors (Lipinski definition) is 3. The van der Waals surface area contributed by atoms with Gasteiger partial charge in [0.05, 0.1) is 0 Å². The second kappa shape index (κ2) is 11.8. The maximum absolute atomic E-state index is 13.0. The van der Waals surface area contributed by atoms with E-state index in [1.807, 2.05) is 31.2 Å². The van der Waals surface area contributed by atoms with E-state index < -0.39 is 6.04 Å². The van der Waals surface area contributed by atoms with Gasteiger partial charge in [-0.1, -0.05) is 55.2 Å². The number of nitrogens with one attached hydrogen (secondary N) is 1. The van der Waals surface area contributed by atoms with E-state index >= 15 is 0 Å². The Morgan fingerprint density at radius 1 is 1.10 bits per heavy atom. The summed E-state index contributed by atoms with van der Waals surface area (Å²) < 4.78 is 5.67. The summed E-state index contributed by atoms with van der Waals surface area (Å²) in [6.45, 7) is 6.29. The summed E-state index contributed by atoms with van der Waals surface area (Å²) in [4.78, 5) is 27.0. The van der Waals surface area contributed by atoms with Crippen LogP contribution in [0.4, 0.5) is 0 Å². The molecule has 0 radical (unpaired) electrons. The van der Waals surface area contributed by atoms with Crippen LogP contribution in [0, 0.1) is 0 Å². The van der Waals surface area contributed by atoms with Crippen LogP contribution in [-0.2, 0) is 22.6 Å². The van der Waals surface area contributed by atoms with Crippen molar-refractivity contribution in [2.45, 2.75) is 46.2 Å². The molecule has 1 N–H and O–H groups in total. The van der Waals surface area contributed by atoms with E-state index in [-0.39, 0.29) is 25.0 Å². The maximum atomic E-state index is 13.0. The van der Waals surface area contributed by atoms with Crippen molar-refractivity contribution in [3.05, 3.63) is 63.6 Å². The molecule has 1 atom stereocenters. The number of carbonyl (C=O) groups is 2. The van der Waals surface area contributed by atoms with E-state index in [0.29, 0.717) is 27.9 Å². The molecule has 30 heavy (non-hydrogen) atoms. The Bertz CT molecular complexity index is 856. The van der Waals surface area contributed by atoms with Crippen molar-refractivity contribution < 1.29 is 14.3 Å². The highest BCUT2D eigenvalue weighted by molar-refractivity contribution is 6.35. The SMILES string of the molecule is CCCNC(=O)[C@@H](C)N(Cc1ccc(Cl)cc1Cl)C(=O)COc1ccc(CC)cc1. The largest absolute Gasteiger partial charge is 0.484 e. The zero-order valence-corrected chi connectivity index (χ0v) is 19.1. The smallest absolute Gasteiger partial charge is 0.261 e. The fourth-order valence-corrected chi connectivity index (χ4v) is 3.33. The molecule has 0 saturated heterocycles. The second-order valence-electron chi connectivity index (χ2n) is 7.01. The minimum atomic E-state index is -0.679. The lowest BCUT2D eigenvalue weighted by Crippen LogP contribution is -2.49. The third-order valence-electron chi connectivity index (χ3n) is 4.77. The van der Waals surface area contributed by atoms with Crippen molar-refractivity contribution >= 4 is 35.0 Å². The van der Waals surface area contributed by atoms with Gasteiger partial charge in [-0.25, -0.2) is 0 Å². The molecule has 2 aromatic rings. The number of carbonyl (C=O) groups excluding carboxylic acids is 2. The van der Waals surface area contributed by atoms with E-state index in [2.05, 4.69) is 12.2 Å². The molecular weight excluding hydrogens is 423 g/mol. The fraction of sp³-hybridized carbons (Fsp3) is 0.391. The first-order valence-electron chi connectivity index (χ1n) is 10.1. The highest BCUT2D eigenvalue weighted by Gasteiger charge is 2.27. The Labute approximate surface area is 188 Å². The lowest BCUT2D eigenvalue weighted by Gasteiger charge is -2.29. The number of rotatable bonds is 10. The average Bonchev–Trinajstić information content (AvgIpc) is 2.75. The molecule has 0 heterocycles. The van der Waals surface area contributed by atoms with Crippen LogP contribution in [0.2, 0.25) is 10.0 Å². The van der Waals surface area contributed by atoms with Crippen LogP contribution in [0.25, 0.3) is 0 Å². The van der Waals surface area contributed by atoms with Gasteiger partial charge in [0.15, 0.2) is 6.61 Å². The van der Waals surface area contributed by atoms with Gasteiger partial charge in [-0.05, 0) is 55.2 Å². The predicted octanol–water partition coefficient (Wildman–Crippen LogP) is 4.88. The van der Waals surface area contributed by atoms with Crippen LogP contribution in [0.1, 0.15) is 38.3 Å². The van der Waals surface area contributed by atoms with Crippen molar-refractivity contribution in [3.8, 4) is 5.75 Å². The summed E-state index contributed by atoms with van der Waals surface area (Å²) in [5, 5.41) is 3.79. The van der Waals surface area contributed by atoms with Gasteiger partial charge in [0.25, 0.3) is 5.91 Å². The molecule has 7 heteroatoms. The molecule has 2 aromatic carbocycles. The molecule has 0 aromatic heterocycles. The van der Waals surface area contributed by atoms with Gasteiger partial charge in [0, 0.05) is 23.1 Å². The van der Waals surface area contributed by atoms with Crippen LogP contribution >= 0.6 is 23.2 Å². The van der Waals surface area contributed by atoms with Crippen molar-refractivity contribution in [3.63, 3.8) is 0 Å². The minimum Gasteiger partial charge on any atom is -0.484 e. The molecule has 0 spiro atoms. The van der Waals surface area contributed by atoms with Gasteiger partial charge in [-0.15, -0.1) is 0 Å². The Balaban J connectivity index is 2.15. The van der Waals surface area contributed by atoms with Gasteiger partial charge in [-0.2, -0.15) is 0 Å². The Kier molecular flexibility index (Phi) is 9.47. The Hall–Kier alpha value is -2.24. The van der Waals surface area contributed by atoms with E-state index in [1.165, 1.54) is 10.5 Å². The molecule has 0 unspecified atom stereocenters. The molecule has 0 fully saturated rings. The molecule has 162 valence electrons. The highest BCUT2D eigenvalue weighted by Crippen LogP contribution is 2.23. The zero-order valence-electron chi connectivity index (χ0n) is 17.6. The topological polar surface area (TPSA) is 58.6 Å². The molecule has 0 aliphatic rings. The molecule has 0 bridgehead atoms. The first kappa shape index (κ1) is 24.0. The predicted molar refractivity (Wildman–Crippen MR) is 121 cm³/mol. The van der Waals surface area contributed by atoms with Gasteiger partial charge >= 0.3 is 0 Å². The molecule has 0 saturated carbocycles. The number of halogens is 2. The van der Waals surface area contributed by atoms with Crippen molar-refractivity contribution in [2.75, 3.05) is 13.2 Å². The summed E-state index contributed by atoms with van der Waals surface area (Å²) in [6.07, 6.45) is 1.74. The number of benzene rings is 2. The summed E-state index contributed by atoms with van der Waals surface area (Å²) in [7, 11) is 0. The van der Waals surface area contributed by atoms with Crippen molar-refractivity contribution in [1.82, 2.24) is 10.2 Å². The Morgan fingerprint density at radius 2 is 1.80 bits per heavy atom. The molecule has 0 aliphatic carbocycles. The van der Waals surface area contributed by atoms with Crippen LogP contribution in [-0.4, -0.2) is 35.9 Å². The summed E-state index contributed by atoms with van der Waals surface area (Å²) in [5.41, 5.74) is 1.89. The first-order valence-corrected chi connectivity index (χ1v) is 10.8. The van der Waals surface area contributed by atoms with Crippen LogP contribution < -0.4 is 10.1 Å². The van der Waals surface area contributed by atoms with E-state index in [0.717, 1.165) is 12.8 Å². The normalized spacial score (nSPS) is 11.6. The third-order valence-corrected chi connectivity index (χ3v) is 5.35. The molecule has 2 amide bonds. The first-order chi connectivity index (χ1) is 14.3. The average molecular weight is 451 g/mol. The van der Waals surface area contributed by atoms with Crippen molar-refractivity contribution in [2.24, 2.45) is 0 Å². The summed E-state index contributed by atoms with van der Waals surface area (Å²) in [5.74, 6) is 0.0791. The maximum Gasteiger partial charge on any atom is 0.261 e. The number of ether oxygens (including phenoxy) is 1. The number of aryl methyl sites for hydroxylation is 1. The lowest BCUT2D eigenvalue weighted by molar-refractivity contribution is -0.142. The summed E-state index contributed by atoms with van der Waals surface area (Å²) >= 11 is 12.3. The van der Waals surface area contributed by atoms with Crippen LogP contribution in [0.5, 0.6) is 5.75 Å². The van der Waals surface area contributed by atoms with Gasteiger partial charge in [-0.3, -0.25) is 9.59 Å².